The largest absolute Gasteiger partial charge is 0.508 e. The molecular formula is C24H28N4O4S. The summed E-state index contributed by atoms with van der Waals surface area (Å²) in [6, 6.07) is 13.7. The average Bonchev–Trinajstić information content (AvgIpc) is 3.22. The molecule has 0 aliphatic carbocycles. The van der Waals surface area contributed by atoms with E-state index in [4.69, 9.17) is 15.5 Å². The van der Waals surface area contributed by atoms with Crippen molar-refractivity contribution < 1.29 is 18.3 Å². The van der Waals surface area contributed by atoms with Crippen molar-refractivity contribution in [3.05, 3.63) is 72.1 Å². The third-order valence-electron chi connectivity index (χ3n) is 5.80. The molecule has 2 aromatic rings. The highest BCUT2D eigenvalue weighted by atomic mass is 32.2. The predicted molar refractivity (Wildman–Crippen MR) is 130 cm³/mol. The first-order valence-electron chi connectivity index (χ1n) is 10.7. The first-order valence-corrected chi connectivity index (χ1v) is 12.6. The Bertz CT molecular complexity index is 1210. The van der Waals surface area contributed by atoms with E-state index in [1.807, 2.05) is 15.9 Å². The van der Waals surface area contributed by atoms with Gasteiger partial charge in [-0.1, -0.05) is 18.7 Å². The monoisotopic (exact) mass is 468 g/mol. The van der Waals surface area contributed by atoms with Gasteiger partial charge >= 0.3 is 0 Å². The molecule has 8 nitrogen and oxygen atoms in total. The van der Waals surface area contributed by atoms with E-state index in [0.29, 0.717) is 51.0 Å². The SMILES string of the molecule is C=C(C1=C(/N=C(\N)N2CCOCC2)N(c2ccc(S(C)(=O)=O)cc2)CC1)c1cccc(O)c1. The molecule has 2 aliphatic rings. The van der Waals surface area contributed by atoms with Crippen molar-refractivity contribution in [3.63, 3.8) is 0 Å². The van der Waals surface area contributed by atoms with Crippen molar-refractivity contribution in [3.8, 4) is 5.75 Å². The zero-order chi connectivity index (χ0) is 23.6. The van der Waals surface area contributed by atoms with Crippen molar-refractivity contribution in [1.29, 1.82) is 0 Å². The summed E-state index contributed by atoms with van der Waals surface area (Å²) in [7, 11) is -3.29. The molecule has 0 aromatic heterocycles. The second-order valence-electron chi connectivity index (χ2n) is 8.07. The standard InChI is InChI=1S/C24H28N4O4S/c1-17(18-4-3-5-20(29)16-18)22-10-11-28(19-6-8-21(9-7-19)33(2,30)31)23(22)26-24(25)27-12-14-32-15-13-27/h3-9,16,29H,1,10-15H2,2H3,(H2,25,26). The number of hydrogen-bond acceptors (Lipinski definition) is 6. The van der Waals surface area contributed by atoms with Crippen LogP contribution in [0.5, 0.6) is 5.75 Å². The first kappa shape index (κ1) is 22.9. The molecule has 0 amide bonds. The van der Waals surface area contributed by atoms with E-state index in [2.05, 4.69) is 6.58 Å². The van der Waals surface area contributed by atoms with Crippen LogP contribution >= 0.6 is 0 Å². The number of guanidine groups is 1. The van der Waals surface area contributed by atoms with Crippen LogP contribution in [0.3, 0.4) is 0 Å². The molecule has 4 rings (SSSR count). The lowest BCUT2D eigenvalue weighted by Crippen LogP contribution is -2.45. The highest BCUT2D eigenvalue weighted by Crippen LogP contribution is 2.37. The van der Waals surface area contributed by atoms with Gasteiger partial charge in [0.15, 0.2) is 15.8 Å². The minimum absolute atomic E-state index is 0.165. The normalized spacial score (nSPS) is 17.5. The summed E-state index contributed by atoms with van der Waals surface area (Å²) < 4.78 is 29.1. The van der Waals surface area contributed by atoms with Gasteiger partial charge in [0.1, 0.15) is 11.6 Å². The van der Waals surface area contributed by atoms with Gasteiger partial charge in [-0.3, -0.25) is 0 Å². The third kappa shape index (κ3) is 5.04. The van der Waals surface area contributed by atoms with Gasteiger partial charge in [-0.05, 0) is 54.0 Å². The van der Waals surface area contributed by atoms with E-state index >= 15 is 0 Å². The molecule has 0 bridgehead atoms. The van der Waals surface area contributed by atoms with E-state index < -0.39 is 9.84 Å². The highest BCUT2D eigenvalue weighted by molar-refractivity contribution is 7.90. The van der Waals surface area contributed by atoms with Gasteiger partial charge in [0.05, 0.1) is 18.1 Å². The fourth-order valence-electron chi connectivity index (χ4n) is 3.98. The Hall–Kier alpha value is -3.30. The van der Waals surface area contributed by atoms with Gasteiger partial charge in [-0.25, -0.2) is 8.42 Å². The number of allylic oxidation sites excluding steroid dienone is 1. The minimum Gasteiger partial charge on any atom is -0.508 e. The third-order valence-corrected chi connectivity index (χ3v) is 6.93. The summed E-state index contributed by atoms with van der Waals surface area (Å²) >= 11 is 0. The summed E-state index contributed by atoms with van der Waals surface area (Å²) in [4.78, 5) is 9.07. The number of nitrogens with zero attached hydrogens (tertiary/aromatic N) is 3. The molecule has 2 heterocycles. The number of hydrogen-bond donors (Lipinski definition) is 2. The predicted octanol–water partition coefficient (Wildman–Crippen LogP) is 2.58. The minimum atomic E-state index is -3.29. The lowest BCUT2D eigenvalue weighted by Gasteiger charge is -2.28. The molecule has 9 heteroatoms. The van der Waals surface area contributed by atoms with Crippen LogP contribution in [0.2, 0.25) is 0 Å². The second kappa shape index (κ2) is 9.29. The van der Waals surface area contributed by atoms with E-state index in [1.54, 1.807) is 42.5 Å². The summed E-state index contributed by atoms with van der Waals surface area (Å²) in [5, 5.41) is 9.93. The molecule has 0 atom stereocenters. The van der Waals surface area contributed by atoms with Crippen LogP contribution < -0.4 is 10.6 Å². The molecule has 174 valence electrons. The van der Waals surface area contributed by atoms with Gasteiger partial charge in [-0.15, -0.1) is 0 Å². The summed E-state index contributed by atoms with van der Waals surface area (Å²) in [5.74, 6) is 1.23. The highest BCUT2D eigenvalue weighted by Gasteiger charge is 2.27. The molecule has 0 unspecified atom stereocenters. The van der Waals surface area contributed by atoms with Crippen LogP contribution in [0.25, 0.3) is 5.57 Å². The number of aromatic hydroxyl groups is 1. The van der Waals surface area contributed by atoms with E-state index in [9.17, 15) is 13.5 Å². The van der Waals surface area contributed by atoms with E-state index in [-0.39, 0.29) is 10.6 Å². The first-order chi connectivity index (χ1) is 15.7. The number of phenolic OH excluding ortho intramolecular Hbond substituents is 1. The molecule has 1 saturated heterocycles. The fraction of sp³-hybridized carbons (Fsp3) is 0.292. The zero-order valence-corrected chi connectivity index (χ0v) is 19.4. The Labute approximate surface area is 194 Å². The molecular weight excluding hydrogens is 440 g/mol. The van der Waals surface area contributed by atoms with Crippen LogP contribution in [0.4, 0.5) is 5.69 Å². The Morgan fingerprint density at radius 3 is 2.45 bits per heavy atom. The van der Waals surface area contributed by atoms with Crippen molar-refractivity contribution in [2.24, 2.45) is 10.7 Å². The number of ether oxygens (including phenoxy) is 1. The summed E-state index contributed by atoms with van der Waals surface area (Å²) in [6.45, 7) is 7.42. The van der Waals surface area contributed by atoms with Crippen molar-refractivity contribution >= 4 is 27.1 Å². The van der Waals surface area contributed by atoms with Gasteiger partial charge in [0.2, 0.25) is 0 Å². The average molecular weight is 469 g/mol. The smallest absolute Gasteiger partial charge is 0.198 e. The zero-order valence-electron chi connectivity index (χ0n) is 18.6. The van der Waals surface area contributed by atoms with Gasteiger partial charge in [-0.2, -0.15) is 4.99 Å². The van der Waals surface area contributed by atoms with E-state index in [0.717, 1.165) is 22.4 Å². The number of nitrogens with two attached hydrogens (primary N) is 1. The second-order valence-corrected chi connectivity index (χ2v) is 10.1. The molecule has 33 heavy (non-hydrogen) atoms. The maximum Gasteiger partial charge on any atom is 0.198 e. The molecule has 3 N–H and O–H groups in total. The Kier molecular flexibility index (Phi) is 6.44. The maximum absolute atomic E-state index is 11.9. The van der Waals surface area contributed by atoms with Crippen molar-refractivity contribution in [2.75, 3.05) is 44.0 Å². The topological polar surface area (TPSA) is 108 Å². The van der Waals surface area contributed by atoms with Gasteiger partial charge in [0, 0.05) is 37.2 Å². The Balaban J connectivity index is 1.75. The van der Waals surface area contributed by atoms with Crippen molar-refractivity contribution in [1.82, 2.24) is 4.90 Å². The number of sulfone groups is 1. The number of anilines is 1. The van der Waals surface area contributed by atoms with Gasteiger partial charge in [0.25, 0.3) is 0 Å². The van der Waals surface area contributed by atoms with Crippen molar-refractivity contribution in [2.45, 2.75) is 11.3 Å². The molecule has 0 radical (unpaired) electrons. The van der Waals surface area contributed by atoms with Crippen LogP contribution in [-0.2, 0) is 14.6 Å². The molecule has 0 saturated carbocycles. The molecule has 0 spiro atoms. The summed E-state index contributed by atoms with van der Waals surface area (Å²) in [6.07, 6.45) is 1.87. The molecule has 2 aromatic carbocycles. The Morgan fingerprint density at radius 2 is 1.82 bits per heavy atom. The summed E-state index contributed by atoms with van der Waals surface area (Å²) in [5.41, 5.74) is 9.68. The number of aliphatic imine (C=N–C) groups is 1. The fourth-order valence-corrected chi connectivity index (χ4v) is 4.61. The van der Waals surface area contributed by atoms with Crippen LogP contribution in [0, 0.1) is 0 Å². The lowest BCUT2D eigenvalue weighted by molar-refractivity contribution is 0.0675. The number of benzene rings is 2. The van der Waals surface area contributed by atoms with Crippen LogP contribution in [-0.4, -0.2) is 63.5 Å². The molecule has 2 aliphatic heterocycles. The number of rotatable bonds is 5. The van der Waals surface area contributed by atoms with Gasteiger partial charge < -0.3 is 25.4 Å². The number of morpholine rings is 1. The number of phenols is 1. The van der Waals surface area contributed by atoms with Crippen LogP contribution in [0.1, 0.15) is 12.0 Å². The lowest BCUT2D eigenvalue weighted by atomic mass is 9.98. The maximum atomic E-state index is 11.9. The quantitative estimate of drug-likeness (QED) is 0.513. The van der Waals surface area contributed by atoms with E-state index in [1.165, 1.54) is 6.26 Å². The van der Waals surface area contributed by atoms with Crippen LogP contribution in [0.15, 0.2) is 76.4 Å². The Morgan fingerprint density at radius 1 is 1.12 bits per heavy atom. The molecule has 1 fully saturated rings.